The highest BCUT2D eigenvalue weighted by atomic mass is 35.5. The van der Waals surface area contributed by atoms with Gasteiger partial charge in [0.25, 0.3) is 4.59 Å². The average Bonchev–Trinajstić information content (AvgIpc) is 1.12. The molecule has 0 nitrogen and oxygen atoms in total. The van der Waals surface area contributed by atoms with E-state index in [0.717, 1.165) is 6.92 Å². The quantitative estimate of drug-likeness (QED) is 0.539. The van der Waals surface area contributed by atoms with Gasteiger partial charge in [0.2, 0.25) is 0 Å². The van der Waals surface area contributed by atoms with E-state index >= 15 is 0 Å². The molecule has 0 aliphatic carbocycles. The Morgan fingerprint density at radius 3 is 0.900 bits per heavy atom. The van der Waals surface area contributed by atoms with Gasteiger partial charge in [0.15, 0.2) is 0 Å². The Balaban J connectivity index is 0. The lowest BCUT2D eigenvalue weighted by Crippen LogP contribution is -1.92. The molecule has 0 rings (SSSR count). The summed E-state index contributed by atoms with van der Waals surface area (Å²) in [5.41, 5.74) is 0. The van der Waals surface area contributed by atoms with Gasteiger partial charge in [0.05, 0.1) is 0 Å². The minimum Gasteiger partial charge on any atom is -0.208 e. The van der Waals surface area contributed by atoms with Gasteiger partial charge in [-0.05, 0) is 18.5 Å². The first kappa shape index (κ1) is 13.3. The Kier molecular flexibility index (Phi) is 6.00. The van der Waals surface area contributed by atoms with Crippen LogP contribution in [0.15, 0.2) is 0 Å². The molecule has 0 aromatic heterocycles. The molecule has 0 saturated heterocycles. The van der Waals surface area contributed by atoms with Crippen molar-refractivity contribution in [3.63, 3.8) is 0 Å². The third kappa shape index (κ3) is 1170. The summed E-state index contributed by atoms with van der Waals surface area (Å²) >= 11 is 13.5. The van der Waals surface area contributed by atoms with Crippen LogP contribution in [0.4, 0.5) is 13.2 Å². The molecule has 6 heteroatoms. The molecule has 0 aliphatic heterocycles. The second kappa shape index (κ2) is 4.52. The summed E-state index contributed by atoms with van der Waals surface area (Å²) in [6.45, 7) is 1.67. The summed E-state index contributed by atoms with van der Waals surface area (Å²) < 4.78 is 30.7. The molecule has 0 heterocycles. The number of rotatable bonds is 0. The molecular weight excluding hydrogens is 211 g/mol. The Bertz CT molecular complexity index is 58.7. The van der Waals surface area contributed by atoms with Gasteiger partial charge in [-0.3, -0.25) is 0 Å². The molecule has 10 heavy (non-hydrogen) atoms. The van der Waals surface area contributed by atoms with Crippen LogP contribution in [0.3, 0.4) is 0 Å². The van der Waals surface area contributed by atoms with Crippen LogP contribution in [0.5, 0.6) is 0 Å². The zero-order valence-corrected chi connectivity index (χ0v) is 7.54. The molecule has 0 unspecified atom stereocenters. The molecule has 0 aromatic carbocycles. The molecule has 0 aliphatic rings. The van der Waals surface area contributed by atoms with Crippen LogP contribution in [0.25, 0.3) is 0 Å². The van der Waals surface area contributed by atoms with Gasteiger partial charge in [-0.25, -0.2) is 4.39 Å². The highest BCUT2D eigenvalue weighted by Gasteiger charge is 2.12. The van der Waals surface area contributed by atoms with Crippen molar-refractivity contribution in [2.45, 2.75) is 23.8 Å². The normalized spacial score (nSPS) is 12.0. The van der Waals surface area contributed by atoms with Gasteiger partial charge >= 0.3 is 5.38 Å². The average molecular weight is 217 g/mol. The smallest absolute Gasteiger partial charge is 0.208 e. The highest BCUT2D eigenvalue weighted by molar-refractivity contribution is 6.46. The minimum absolute atomic E-state index is 0.620. The first-order chi connectivity index (χ1) is 4.00. The first-order valence-corrected chi connectivity index (χ1v) is 3.27. The van der Waals surface area contributed by atoms with E-state index in [-0.39, 0.29) is 0 Å². The maximum atomic E-state index is 11.2. The van der Waals surface area contributed by atoms with Crippen LogP contribution in [0.2, 0.25) is 0 Å². The second-order valence-corrected chi connectivity index (χ2v) is 3.84. The van der Waals surface area contributed by atoms with Crippen LogP contribution in [-0.2, 0) is 0 Å². The van der Waals surface area contributed by atoms with E-state index in [1.807, 2.05) is 0 Å². The van der Waals surface area contributed by atoms with Crippen LogP contribution in [-0.4, -0.2) is 9.97 Å². The fourth-order valence-corrected chi connectivity index (χ4v) is 0. The molecule has 0 saturated carbocycles. The molecule has 0 bridgehead atoms. The lowest BCUT2D eigenvalue weighted by molar-refractivity contribution is 0.119. The predicted octanol–water partition coefficient (Wildman–Crippen LogP) is 3.95. The van der Waals surface area contributed by atoms with E-state index in [2.05, 4.69) is 34.8 Å². The zero-order valence-electron chi connectivity index (χ0n) is 5.27. The summed E-state index contributed by atoms with van der Waals surface area (Å²) in [6, 6.07) is 0. The summed E-state index contributed by atoms with van der Waals surface area (Å²) in [5.74, 6) is 0. The van der Waals surface area contributed by atoms with Crippen molar-refractivity contribution in [1.29, 1.82) is 0 Å². The third-order valence-electron chi connectivity index (χ3n) is 0. The fourth-order valence-electron chi connectivity index (χ4n) is 0. The lowest BCUT2D eigenvalue weighted by atomic mass is 10.9. The van der Waals surface area contributed by atoms with E-state index in [9.17, 15) is 13.2 Å². The van der Waals surface area contributed by atoms with Crippen LogP contribution >= 0.6 is 34.8 Å². The highest BCUT2D eigenvalue weighted by Crippen LogP contribution is 2.19. The van der Waals surface area contributed by atoms with Crippen molar-refractivity contribution in [2.24, 2.45) is 0 Å². The number of hydrogen-bond acceptors (Lipinski definition) is 0. The predicted molar refractivity (Wildman–Crippen MR) is 37.7 cm³/mol. The number of hydrogen-bond donors (Lipinski definition) is 0. The van der Waals surface area contributed by atoms with Gasteiger partial charge in [0.1, 0.15) is 0 Å². The van der Waals surface area contributed by atoms with E-state index in [4.69, 9.17) is 0 Å². The molecule has 0 aromatic rings. The molecule has 64 valence electrons. The molecular formula is C4H6Cl3F3. The third-order valence-corrected chi connectivity index (χ3v) is 0. The monoisotopic (exact) mass is 216 g/mol. The standard InChI is InChI=1S/C2H3Cl2F.C2H3ClF2/c2*1-2(3,4)5/h2*1H3. The second-order valence-electron chi connectivity index (χ2n) is 1.56. The summed E-state index contributed by atoms with van der Waals surface area (Å²) in [5, 5.41) is -3.03. The Labute approximate surface area is 72.2 Å². The Morgan fingerprint density at radius 1 is 0.900 bits per heavy atom. The van der Waals surface area contributed by atoms with Crippen LogP contribution in [0, 0.1) is 0 Å². The van der Waals surface area contributed by atoms with E-state index < -0.39 is 9.97 Å². The van der Waals surface area contributed by atoms with Crippen molar-refractivity contribution in [2.75, 3.05) is 0 Å². The maximum absolute atomic E-state index is 11.2. The van der Waals surface area contributed by atoms with E-state index in [1.54, 1.807) is 0 Å². The van der Waals surface area contributed by atoms with Gasteiger partial charge in [-0.2, -0.15) is 8.78 Å². The SMILES string of the molecule is CC(F)(Cl)Cl.CC(F)(F)Cl. The number of halogens is 6. The van der Waals surface area contributed by atoms with Gasteiger partial charge < -0.3 is 0 Å². The Hall–Kier alpha value is 0.660. The Morgan fingerprint density at radius 2 is 0.900 bits per heavy atom. The van der Waals surface area contributed by atoms with Gasteiger partial charge in [-0.15, -0.1) is 0 Å². The summed E-state index contributed by atoms with van der Waals surface area (Å²) in [4.78, 5) is 0. The van der Waals surface area contributed by atoms with Crippen molar-refractivity contribution in [3.05, 3.63) is 0 Å². The molecule has 0 N–H and O–H groups in total. The van der Waals surface area contributed by atoms with Crippen LogP contribution in [0.1, 0.15) is 13.8 Å². The molecule has 0 radical (unpaired) electrons. The number of alkyl halides is 6. The van der Waals surface area contributed by atoms with Crippen LogP contribution < -0.4 is 0 Å². The molecule has 0 spiro atoms. The largest absolute Gasteiger partial charge is 0.318 e. The fraction of sp³-hybridized carbons (Fsp3) is 1.00. The molecule has 0 amide bonds. The molecule has 0 atom stereocenters. The van der Waals surface area contributed by atoms with E-state index in [0.29, 0.717) is 6.92 Å². The van der Waals surface area contributed by atoms with Gasteiger partial charge in [-0.1, -0.05) is 23.2 Å². The van der Waals surface area contributed by atoms with Gasteiger partial charge in [0, 0.05) is 6.92 Å². The van der Waals surface area contributed by atoms with Crippen molar-refractivity contribution in [1.82, 2.24) is 0 Å². The lowest BCUT2D eigenvalue weighted by Gasteiger charge is -1.92. The maximum Gasteiger partial charge on any atom is 0.318 e. The van der Waals surface area contributed by atoms with Crippen molar-refractivity contribution >= 4 is 34.8 Å². The first-order valence-electron chi connectivity index (χ1n) is 2.13. The van der Waals surface area contributed by atoms with Crippen molar-refractivity contribution < 1.29 is 13.2 Å². The summed E-state index contributed by atoms with van der Waals surface area (Å²) in [7, 11) is 0. The zero-order chi connectivity index (χ0) is 9.00. The van der Waals surface area contributed by atoms with E-state index in [1.165, 1.54) is 0 Å². The summed E-state index contributed by atoms with van der Waals surface area (Å²) in [6.07, 6.45) is 0. The molecule has 0 fully saturated rings. The van der Waals surface area contributed by atoms with Crippen molar-refractivity contribution in [3.8, 4) is 0 Å². The topological polar surface area (TPSA) is 0 Å². The minimum atomic E-state index is -3.03.